The maximum Gasteiger partial charge on any atom is -1.00 e. The van der Waals surface area contributed by atoms with Gasteiger partial charge in [-0.2, -0.15) is 0 Å². The summed E-state index contributed by atoms with van der Waals surface area (Å²) in [5, 5.41) is 1.72. The van der Waals surface area contributed by atoms with E-state index in [9.17, 15) is 0 Å². The predicted molar refractivity (Wildman–Crippen MR) is 162 cm³/mol. The molecule has 0 N–H and O–H groups in total. The molecule has 0 saturated carbocycles. The molecule has 200 valence electrons. The van der Waals surface area contributed by atoms with Crippen LogP contribution in [0.3, 0.4) is 0 Å². The van der Waals surface area contributed by atoms with Gasteiger partial charge in [0.1, 0.15) is 0 Å². The van der Waals surface area contributed by atoms with Gasteiger partial charge in [-0.15, -0.1) is 0 Å². The molecule has 1 saturated heterocycles. The van der Waals surface area contributed by atoms with E-state index >= 15 is 0 Å². The number of hydrogen-bond donors (Lipinski definition) is 0. The van der Waals surface area contributed by atoms with Gasteiger partial charge in [0.25, 0.3) is 0 Å². The van der Waals surface area contributed by atoms with Crippen molar-refractivity contribution in [1.29, 1.82) is 0 Å². The van der Waals surface area contributed by atoms with Crippen LogP contribution in [0.1, 0.15) is 36.1 Å². The summed E-state index contributed by atoms with van der Waals surface area (Å²) in [6.45, 7) is 10.0. The minimum absolute atomic E-state index is 0. The molecular formula is C34H28Cl4SiZr. The van der Waals surface area contributed by atoms with E-state index in [-0.39, 0.29) is 30.3 Å². The normalized spacial score (nSPS) is 22.8. The Labute approximate surface area is 272 Å². The Morgan fingerprint density at radius 1 is 0.650 bits per heavy atom. The van der Waals surface area contributed by atoms with E-state index in [0.717, 1.165) is 21.2 Å². The standard InChI is InChI=1S/C34H28Cl2Si.2ClH.Zr/c1-21-20-28-25(23-12-7-5-8-13-23)16-11-17-26(28)33(21)37(3,4)34-22(2)32(36)31-27(34)18-19-29(35)30(31)24-14-9-6-10-15-24;;;/h5-20H,1-4H3;2*1H;/q;;;+2/p-2. The summed E-state index contributed by atoms with van der Waals surface area (Å²) in [5.41, 5.74) is 13.6. The molecule has 0 amide bonds. The SMILES string of the molecule is CC1=Cc2c(-c3ccccc3)cccc2[C]12[Zr+2][C]1(C(C)=C(Cl)c3c1ccc(Cl)c3-c1ccccc1)[Si]2(C)C.[Cl-].[Cl-]. The van der Waals surface area contributed by atoms with E-state index in [2.05, 4.69) is 124 Å². The first-order valence-corrected chi connectivity index (χ1v) is 19.4. The summed E-state index contributed by atoms with van der Waals surface area (Å²) in [5.74, 6) is 0. The minimum atomic E-state index is -2.00. The summed E-state index contributed by atoms with van der Waals surface area (Å²) in [7, 11) is -2.00. The van der Waals surface area contributed by atoms with E-state index in [1.54, 1.807) is 11.1 Å². The molecule has 2 aliphatic carbocycles. The van der Waals surface area contributed by atoms with Crippen molar-refractivity contribution in [1.82, 2.24) is 0 Å². The quantitative estimate of drug-likeness (QED) is 0.278. The topological polar surface area (TPSA) is 0 Å². The van der Waals surface area contributed by atoms with Crippen LogP contribution in [0.2, 0.25) is 18.1 Å². The predicted octanol–water partition coefficient (Wildman–Crippen LogP) is 4.06. The third kappa shape index (κ3) is 3.60. The molecule has 1 aliphatic heterocycles. The second-order valence-electron chi connectivity index (χ2n) is 11.4. The number of fused-ring (bicyclic) bond motifs is 4. The Kier molecular flexibility index (Phi) is 7.83. The molecule has 6 heteroatoms. The Hall–Kier alpha value is -1.38. The molecule has 1 fully saturated rings. The van der Waals surface area contributed by atoms with Gasteiger partial charge in [0.05, 0.1) is 0 Å². The summed E-state index contributed by atoms with van der Waals surface area (Å²) >= 11 is 13.1. The van der Waals surface area contributed by atoms with Crippen LogP contribution in [0.25, 0.3) is 33.4 Å². The maximum absolute atomic E-state index is 7.34. The summed E-state index contributed by atoms with van der Waals surface area (Å²) in [6.07, 6.45) is 2.52. The molecule has 2 unspecified atom stereocenters. The van der Waals surface area contributed by atoms with Crippen LogP contribution < -0.4 is 24.8 Å². The van der Waals surface area contributed by atoms with E-state index in [1.165, 1.54) is 33.4 Å². The zero-order valence-electron chi connectivity index (χ0n) is 22.7. The Morgan fingerprint density at radius 3 is 1.90 bits per heavy atom. The van der Waals surface area contributed by atoms with Crippen LogP contribution in [-0.2, 0) is 28.7 Å². The van der Waals surface area contributed by atoms with Crippen molar-refractivity contribution in [3.63, 3.8) is 0 Å². The van der Waals surface area contributed by atoms with Crippen molar-refractivity contribution < 1.29 is 48.0 Å². The van der Waals surface area contributed by atoms with Crippen molar-refractivity contribution in [2.24, 2.45) is 0 Å². The summed E-state index contributed by atoms with van der Waals surface area (Å²) < 4.78 is 0.402. The fourth-order valence-electron chi connectivity index (χ4n) is 7.79. The van der Waals surface area contributed by atoms with Crippen LogP contribution in [0.15, 0.2) is 102 Å². The molecule has 2 atom stereocenters. The molecule has 0 aromatic heterocycles. The largest absolute Gasteiger partial charge is 1.00 e. The average molecular weight is 698 g/mol. The summed E-state index contributed by atoms with van der Waals surface area (Å²) in [6, 6.07) is 32.9. The number of benzene rings is 4. The molecule has 0 radical (unpaired) electrons. The zero-order chi connectivity index (χ0) is 26.4. The van der Waals surface area contributed by atoms with Gasteiger partial charge < -0.3 is 24.8 Å². The van der Waals surface area contributed by atoms with Gasteiger partial charge in [-0.1, -0.05) is 0 Å². The Morgan fingerprint density at radius 2 is 1.27 bits per heavy atom. The first kappa shape index (κ1) is 30.1. The molecule has 0 bridgehead atoms. The van der Waals surface area contributed by atoms with Gasteiger partial charge in [-0.25, -0.2) is 0 Å². The van der Waals surface area contributed by atoms with Gasteiger partial charge >= 0.3 is 250 Å². The van der Waals surface area contributed by atoms with Crippen LogP contribution in [0, 0.1) is 0 Å². The smallest absolute Gasteiger partial charge is 1.00 e. The van der Waals surface area contributed by atoms with Gasteiger partial charge in [0.2, 0.25) is 0 Å². The third-order valence-electron chi connectivity index (χ3n) is 9.53. The van der Waals surface area contributed by atoms with Crippen LogP contribution >= 0.6 is 23.2 Å². The first-order valence-electron chi connectivity index (χ1n) is 13.2. The number of rotatable bonds is 2. The number of halogens is 4. The third-order valence-corrected chi connectivity index (χ3v) is 31.1. The first-order chi connectivity index (χ1) is 18.3. The monoisotopic (exact) mass is 694 g/mol. The van der Waals surface area contributed by atoms with Gasteiger partial charge in [-0.3, -0.25) is 0 Å². The maximum atomic E-state index is 7.34. The van der Waals surface area contributed by atoms with E-state index < -0.39 is 31.3 Å². The molecule has 7 rings (SSSR count). The molecular weight excluding hydrogens is 669 g/mol. The van der Waals surface area contributed by atoms with E-state index in [4.69, 9.17) is 23.2 Å². The van der Waals surface area contributed by atoms with Crippen LogP contribution in [0.4, 0.5) is 0 Å². The second kappa shape index (κ2) is 10.4. The number of allylic oxidation sites excluding steroid dienone is 2. The van der Waals surface area contributed by atoms with Crippen molar-refractivity contribution in [3.05, 3.63) is 129 Å². The van der Waals surface area contributed by atoms with Crippen molar-refractivity contribution in [2.45, 2.75) is 32.4 Å². The molecule has 0 nitrogen and oxygen atoms in total. The summed E-state index contributed by atoms with van der Waals surface area (Å²) in [4.78, 5) is 0. The minimum Gasteiger partial charge on any atom is -1.00 e. The van der Waals surface area contributed by atoms with E-state index in [1.807, 2.05) is 0 Å². The molecule has 3 aliphatic rings. The fourth-order valence-corrected chi connectivity index (χ4v) is 26.0. The van der Waals surface area contributed by atoms with Gasteiger partial charge in [-0.05, 0) is 0 Å². The molecule has 4 aromatic rings. The Bertz CT molecular complexity index is 1710. The zero-order valence-corrected chi connectivity index (χ0v) is 29.2. The molecule has 2 spiro atoms. The van der Waals surface area contributed by atoms with Crippen molar-refractivity contribution in [2.75, 3.05) is 0 Å². The van der Waals surface area contributed by atoms with Crippen LogP contribution in [0.5, 0.6) is 0 Å². The molecule has 4 aromatic carbocycles. The van der Waals surface area contributed by atoms with Gasteiger partial charge in [0.15, 0.2) is 0 Å². The number of hydrogen-bond acceptors (Lipinski definition) is 0. The van der Waals surface area contributed by atoms with Crippen LogP contribution in [-0.4, -0.2) is 8.07 Å². The van der Waals surface area contributed by atoms with Crippen molar-refractivity contribution >= 4 is 42.4 Å². The fraction of sp³-hybridized carbons (Fsp3) is 0.176. The van der Waals surface area contributed by atoms with E-state index in [0.29, 0.717) is 0 Å². The second-order valence-corrected chi connectivity index (χ2v) is 23.7. The average Bonchev–Trinajstić information content (AvgIpc) is 3.36. The molecule has 40 heavy (non-hydrogen) atoms. The molecule has 1 heterocycles. The van der Waals surface area contributed by atoms with Gasteiger partial charge in [0, 0.05) is 0 Å². The Balaban J connectivity index is 0.00000161. The van der Waals surface area contributed by atoms with Crippen molar-refractivity contribution in [3.8, 4) is 22.3 Å².